The Morgan fingerprint density at radius 3 is 2.71 bits per heavy atom. The third-order valence-electron chi connectivity index (χ3n) is 6.82. The molecule has 1 atom stereocenters. The lowest BCUT2D eigenvalue weighted by molar-refractivity contribution is -0.137. The Hall–Kier alpha value is -4.59. The SMILES string of the molecule is [2H]C([2H])([2H])NC(=O)c1nnc(NC(=O)C2CC2)cc1Nc1cccc(-c2noc(C(CC)C(=O)N3CCOCC3)n2)c1OC. The summed E-state index contributed by atoms with van der Waals surface area (Å²) in [4.78, 5) is 44.6. The van der Waals surface area contributed by atoms with Crippen molar-refractivity contribution in [3.05, 3.63) is 35.9 Å². The lowest BCUT2D eigenvalue weighted by Crippen LogP contribution is -2.43. The van der Waals surface area contributed by atoms with Gasteiger partial charge in [-0.3, -0.25) is 14.4 Å². The highest BCUT2D eigenvalue weighted by molar-refractivity contribution is 6.00. The molecule has 1 aliphatic carbocycles. The van der Waals surface area contributed by atoms with Gasteiger partial charge >= 0.3 is 0 Å². The number of benzene rings is 1. The summed E-state index contributed by atoms with van der Waals surface area (Å²) in [7, 11) is 1.43. The van der Waals surface area contributed by atoms with Crippen LogP contribution in [0, 0.1) is 5.92 Å². The molecule has 1 aliphatic heterocycles. The summed E-state index contributed by atoms with van der Waals surface area (Å²) in [5.41, 5.74) is 0.480. The fourth-order valence-electron chi connectivity index (χ4n) is 4.47. The van der Waals surface area contributed by atoms with Gasteiger partial charge in [-0.25, -0.2) is 0 Å². The van der Waals surface area contributed by atoms with Gasteiger partial charge in [-0.15, -0.1) is 10.2 Å². The molecule has 14 heteroatoms. The van der Waals surface area contributed by atoms with E-state index in [9.17, 15) is 14.4 Å². The maximum Gasteiger partial charge on any atom is 0.273 e. The summed E-state index contributed by atoms with van der Waals surface area (Å²) in [6.07, 6.45) is 1.99. The molecule has 3 heterocycles. The molecule has 2 fully saturated rings. The Bertz CT molecular complexity index is 1540. The smallest absolute Gasteiger partial charge is 0.273 e. The van der Waals surface area contributed by atoms with Crippen molar-refractivity contribution in [2.75, 3.05) is 51.0 Å². The fraction of sp³-hybridized carbons (Fsp3) is 0.444. The number of carbonyl (C=O) groups is 3. The van der Waals surface area contributed by atoms with Crippen molar-refractivity contribution in [1.29, 1.82) is 0 Å². The number of para-hydroxylation sites is 1. The number of carbonyl (C=O) groups excluding carboxylic acids is 3. The fourth-order valence-corrected chi connectivity index (χ4v) is 4.47. The summed E-state index contributed by atoms with van der Waals surface area (Å²) < 4.78 is 38.8. The molecular weight excluding hydrogens is 532 g/mol. The summed E-state index contributed by atoms with van der Waals surface area (Å²) in [6.45, 7) is 0.995. The van der Waals surface area contributed by atoms with Crippen LogP contribution < -0.4 is 20.7 Å². The predicted molar refractivity (Wildman–Crippen MR) is 147 cm³/mol. The summed E-state index contributed by atoms with van der Waals surface area (Å²) in [6, 6.07) is 6.40. The molecule has 216 valence electrons. The van der Waals surface area contributed by atoms with Gasteiger partial charge < -0.3 is 34.8 Å². The number of hydrogen-bond acceptors (Lipinski definition) is 11. The van der Waals surface area contributed by atoms with Crippen LogP contribution in [0.5, 0.6) is 5.75 Å². The number of aromatic nitrogens is 4. The standard InChI is InChI=1S/C27H32N8O6/c1-4-16(27(38)35-10-12-40-13-11-35)26-31-23(34-41-26)17-6-5-7-18(22(17)39-3)29-19-14-20(30-24(36)15-8-9-15)32-33-21(19)25(37)28-2/h5-7,14-16H,4,8-13H2,1-3H3,(H,28,37)(H2,29,30,32,36)/i2D3. The molecule has 1 aromatic carbocycles. The Kier molecular flexibility index (Phi) is 7.26. The van der Waals surface area contributed by atoms with Crippen LogP contribution in [0.25, 0.3) is 11.4 Å². The molecule has 41 heavy (non-hydrogen) atoms. The van der Waals surface area contributed by atoms with E-state index in [1.165, 1.54) is 13.2 Å². The van der Waals surface area contributed by atoms with Crippen molar-refractivity contribution in [3.63, 3.8) is 0 Å². The van der Waals surface area contributed by atoms with Crippen molar-refractivity contribution >= 4 is 34.9 Å². The van der Waals surface area contributed by atoms with Gasteiger partial charge in [0, 0.05) is 36.2 Å². The molecule has 3 amide bonds. The minimum absolute atomic E-state index is 0.0549. The van der Waals surface area contributed by atoms with Gasteiger partial charge in [0.1, 0.15) is 5.92 Å². The van der Waals surface area contributed by atoms with Gasteiger partial charge in [-0.2, -0.15) is 4.98 Å². The van der Waals surface area contributed by atoms with Crippen LogP contribution in [0.1, 0.15) is 52.6 Å². The van der Waals surface area contributed by atoms with Gasteiger partial charge in [0.05, 0.1) is 37.3 Å². The number of nitrogens with one attached hydrogen (secondary N) is 3. The second-order valence-corrected chi connectivity index (χ2v) is 9.58. The Morgan fingerprint density at radius 1 is 1.20 bits per heavy atom. The van der Waals surface area contributed by atoms with E-state index in [-0.39, 0.29) is 52.4 Å². The van der Waals surface area contributed by atoms with E-state index in [0.717, 1.165) is 12.8 Å². The lowest BCUT2D eigenvalue weighted by Gasteiger charge is -2.29. The first-order chi connectivity index (χ1) is 21.1. The first-order valence-corrected chi connectivity index (χ1v) is 13.2. The number of nitrogens with zero attached hydrogens (tertiary/aromatic N) is 5. The van der Waals surface area contributed by atoms with Crippen molar-refractivity contribution in [1.82, 2.24) is 30.6 Å². The lowest BCUT2D eigenvalue weighted by atomic mass is 10.0. The van der Waals surface area contributed by atoms with Crippen molar-refractivity contribution in [2.24, 2.45) is 5.92 Å². The molecule has 5 rings (SSSR count). The maximum absolute atomic E-state index is 13.2. The summed E-state index contributed by atoms with van der Waals surface area (Å²) in [5, 5.41) is 19.5. The largest absolute Gasteiger partial charge is 0.494 e. The van der Waals surface area contributed by atoms with E-state index in [2.05, 4.69) is 31.0 Å². The zero-order valence-electron chi connectivity index (χ0n) is 25.6. The molecule has 1 saturated heterocycles. The average Bonchev–Trinajstić information content (AvgIpc) is 3.75. The molecule has 1 saturated carbocycles. The van der Waals surface area contributed by atoms with Gasteiger partial charge in [0.25, 0.3) is 5.91 Å². The second kappa shape index (κ2) is 12.3. The van der Waals surface area contributed by atoms with Crippen LogP contribution in [-0.4, -0.2) is 83.3 Å². The molecule has 0 spiro atoms. The number of anilines is 3. The highest BCUT2D eigenvalue weighted by atomic mass is 16.5. The van der Waals surface area contributed by atoms with E-state index in [4.69, 9.17) is 18.1 Å². The first-order valence-electron chi connectivity index (χ1n) is 14.7. The van der Waals surface area contributed by atoms with E-state index in [1.54, 1.807) is 23.1 Å². The van der Waals surface area contributed by atoms with Crippen LogP contribution in [0.15, 0.2) is 28.8 Å². The Balaban J connectivity index is 1.45. The van der Waals surface area contributed by atoms with Crippen molar-refractivity contribution in [3.8, 4) is 17.1 Å². The number of rotatable bonds is 10. The monoisotopic (exact) mass is 567 g/mol. The van der Waals surface area contributed by atoms with E-state index < -0.39 is 18.8 Å². The normalized spacial score (nSPS) is 17.0. The van der Waals surface area contributed by atoms with Crippen LogP contribution in [0.3, 0.4) is 0 Å². The van der Waals surface area contributed by atoms with Gasteiger partial charge in [0.15, 0.2) is 17.3 Å². The quantitative estimate of drug-likeness (QED) is 0.328. The molecular formula is C27H32N8O6. The van der Waals surface area contributed by atoms with Crippen LogP contribution in [0.2, 0.25) is 0 Å². The second-order valence-electron chi connectivity index (χ2n) is 9.58. The number of hydrogen-bond donors (Lipinski definition) is 3. The van der Waals surface area contributed by atoms with E-state index in [1.807, 2.05) is 12.2 Å². The maximum atomic E-state index is 13.2. The molecule has 14 nitrogen and oxygen atoms in total. The molecule has 1 unspecified atom stereocenters. The van der Waals surface area contributed by atoms with E-state index >= 15 is 0 Å². The van der Waals surface area contributed by atoms with E-state index in [0.29, 0.717) is 44.0 Å². The topological polar surface area (TPSA) is 174 Å². The number of amides is 3. The molecule has 0 bridgehead atoms. The highest BCUT2D eigenvalue weighted by Crippen LogP contribution is 2.38. The molecule has 3 aromatic rings. The summed E-state index contributed by atoms with van der Waals surface area (Å²) in [5.74, 6) is -1.43. The Morgan fingerprint density at radius 2 is 2.00 bits per heavy atom. The zero-order chi connectivity index (χ0) is 31.4. The van der Waals surface area contributed by atoms with Crippen LogP contribution in [-0.2, 0) is 14.3 Å². The minimum Gasteiger partial charge on any atom is -0.494 e. The zero-order valence-corrected chi connectivity index (χ0v) is 22.6. The first kappa shape index (κ1) is 24.2. The van der Waals surface area contributed by atoms with Gasteiger partial charge in [-0.1, -0.05) is 18.1 Å². The molecule has 2 aromatic heterocycles. The molecule has 2 aliphatic rings. The number of ether oxygens (including phenoxy) is 2. The third-order valence-corrected chi connectivity index (χ3v) is 6.82. The molecule has 0 radical (unpaired) electrons. The average molecular weight is 568 g/mol. The highest BCUT2D eigenvalue weighted by Gasteiger charge is 2.32. The third kappa shape index (κ3) is 6.11. The Labute approximate surface area is 240 Å². The number of methoxy groups -OCH3 is 1. The minimum atomic E-state index is -2.78. The van der Waals surface area contributed by atoms with Crippen molar-refractivity contribution < 1.29 is 32.5 Å². The van der Waals surface area contributed by atoms with Gasteiger partial charge in [-0.05, 0) is 31.4 Å². The summed E-state index contributed by atoms with van der Waals surface area (Å²) >= 11 is 0. The number of morpholine rings is 1. The molecule has 3 N–H and O–H groups in total. The van der Waals surface area contributed by atoms with Gasteiger partial charge in [0.2, 0.25) is 23.5 Å². The van der Waals surface area contributed by atoms with Crippen LogP contribution in [0.4, 0.5) is 17.2 Å². The van der Waals surface area contributed by atoms with Crippen molar-refractivity contribution in [2.45, 2.75) is 32.1 Å². The predicted octanol–water partition coefficient (Wildman–Crippen LogP) is 2.34. The van der Waals surface area contributed by atoms with Crippen LogP contribution >= 0.6 is 0 Å².